The maximum atomic E-state index is 12.6. The summed E-state index contributed by atoms with van der Waals surface area (Å²) in [6.45, 7) is 4.09. The number of hydrogen-bond acceptors (Lipinski definition) is 5. The number of carbonyl (C=O) groups is 1. The molecule has 63 heavy (non-hydrogen) atoms. The first-order valence-corrected chi connectivity index (χ1v) is 28.6. The molecule has 0 saturated heterocycles. The quantitative estimate of drug-likeness (QED) is 0.0309. The van der Waals surface area contributed by atoms with Crippen LogP contribution in [0.2, 0.25) is 0 Å². The molecule has 0 spiro atoms. The molecule has 0 aliphatic heterocycles. The summed E-state index contributed by atoms with van der Waals surface area (Å²) < 4.78 is 0. The lowest BCUT2D eigenvalue weighted by Crippen LogP contribution is -2.53. The lowest BCUT2D eigenvalue weighted by Gasteiger charge is -2.27. The van der Waals surface area contributed by atoms with E-state index in [4.69, 9.17) is 0 Å². The Hall–Kier alpha value is -0.950. The molecule has 376 valence electrons. The molecular weight excluding hydrogens is 779 g/mol. The molecule has 5 N–H and O–H groups in total. The molecular formula is C57H113NO5. The highest BCUT2D eigenvalue weighted by Crippen LogP contribution is 2.18. The van der Waals surface area contributed by atoms with E-state index in [1.807, 2.05) is 0 Å². The van der Waals surface area contributed by atoms with Crippen LogP contribution in [-0.4, -0.2) is 57.3 Å². The fourth-order valence-electron chi connectivity index (χ4n) is 9.23. The topological polar surface area (TPSA) is 110 Å². The van der Waals surface area contributed by atoms with E-state index in [1.54, 1.807) is 0 Å². The van der Waals surface area contributed by atoms with Crippen LogP contribution in [0.5, 0.6) is 0 Å². The summed E-state index contributed by atoms with van der Waals surface area (Å²) in [5.41, 5.74) is 0. The maximum Gasteiger partial charge on any atom is 0.249 e. The molecule has 0 radical (unpaired) electrons. The van der Waals surface area contributed by atoms with Crippen molar-refractivity contribution < 1.29 is 25.2 Å². The van der Waals surface area contributed by atoms with Crippen LogP contribution in [0.25, 0.3) is 0 Å². The minimum absolute atomic E-state index is 0.373. The smallest absolute Gasteiger partial charge is 0.249 e. The Morgan fingerprint density at radius 2 is 0.635 bits per heavy atom. The van der Waals surface area contributed by atoms with Crippen molar-refractivity contribution in [1.29, 1.82) is 0 Å². The van der Waals surface area contributed by atoms with Crippen LogP contribution >= 0.6 is 0 Å². The van der Waals surface area contributed by atoms with Crippen LogP contribution in [0, 0.1) is 0 Å². The number of carbonyl (C=O) groups excluding carboxylic acids is 1. The molecule has 6 heteroatoms. The van der Waals surface area contributed by atoms with Gasteiger partial charge < -0.3 is 25.7 Å². The van der Waals surface area contributed by atoms with E-state index in [0.717, 1.165) is 38.5 Å². The number of amides is 1. The Kier molecular flexibility index (Phi) is 51.2. The van der Waals surface area contributed by atoms with Gasteiger partial charge in [0.15, 0.2) is 0 Å². The van der Waals surface area contributed by atoms with E-state index < -0.39 is 36.9 Å². The van der Waals surface area contributed by atoms with Crippen LogP contribution in [-0.2, 0) is 4.79 Å². The molecule has 4 atom stereocenters. The van der Waals surface area contributed by atoms with Gasteiger partial charge in [0.05, 0.1) is 18.8 Å². The molecule has 0 saturated carbocycles. The van der Waals surface area contributed by atoms with E-state index >= 15 is 0 Å². The molecule has 0 aliphatic rings. The Labute approximate surface area is 393 Å². The first kappa shape index (κ1) is 62.1. The molecule has 0 aliphatic carbocycles. The van der Waals surface area contributed by atoms with Gasteiger partial charge in [-0.2, -0.15) is 0 Å². The van der Waals surface area contributed by atoms with Gasteiger partial charge in [-0.3, -0.25) is 4.79 Å². The summed E-state index contributed by atoms with van der Waals surface area (Å²) in [6.07, 6.45) is 61.4. The number of aliphatic hydroxyl groups is 4. The molecule has 6 nitrogen and oxygen atoms in total. The number of rotatable bonds is 53. The number of aliphatic hydroxyl groups excluding tert-OH is 4. The number of unbranched alkanes of at least 4 members (excludes halogenated alkanes) is 42. The summed E-state index contributed by atoms with van der Waals surface area (Å²) >= 11 is 0. The summed E-state index contributed by atoms with van der Waals surface area (Å²) in [5, 5.41) is 44.0. The SMILES string of the molecule is CCCCCCCCCCCCCC/C=C\CCCCCCCCCCCCCCCCCC(O)C(=O)NC(CO)C(O)C(O)CCCCCCCCCCCCCCCCCC. The molecule has 0 bridgehead atoms. The second-order valence-electron chi connectivity index (χ2n) is 20.0. The van der Waals surface area contributed by atoms with Crippen molar-refractivity contribution in [1.82, 2.24) is 5.32 Å². The van der Waals surface area contributed by atoms with Crippen molar-refractivity contribution >= 4 is 5.91 Å². The fourth-order valence-corrected chi connectivity index (χ4v) is 9.23. The lowest BCUT2D eigenvalue weighted by molar-refractivity contribution is -0.132. The summed E-state index contributed by atoms with van der Waals surface area (Å²) in [4.78, 5) is 12.6. The number of allylic oxidation sites excluding steroid dienone is 2. The van der Waals surface area contributed by atoms with Crippen LogP contribution < -0.4 is 5.32 Å². The van der Waals surface area contributed by atoms with Crippen LogP contribution in [0.3, 0.4) is 0 Å². The third-order valence-electron chi connectivity index (χ3n) is 13.7. The predicted molar refractivity (Wildman–Crippen MR) is 275 cm³/mol. The lowest BCUT2D eigenvalue weighted by atomic mass is 9.99. The van der Waals surface area contributed by atoms with Crippen LogP contribution in [0.15, 0.2) is 12.2 Å². The van der Waals surface area contributed by atoms with Crippen molar-refractivity contribution in [2.45, 2.75) is 340 Å². The van der Waals surface area contributed by atoms with Gasteiger partial charge in [-0.1, -0.05) is 289 Å². The van der Waals surface area contributed by atoms with E-state index in [-0.39, 0.29) is 0 Å². The van der Waals surface area contributed by atoms with Crippen molar-refractivity contribution in [2.75, 3.05) is 6.61 Å². The number of nitrogens with one attached hydrogen (secondary N) is 1. The molecule has 4 unspecified atom stereocenters. The molecule has 0 aromatic heterocycles. The van der Waals surface area contributed by atoms with Gasteiger partial charge in [0.2, 0.25) is 5.91 Å². The first-order valence-electron chi connectivity index (χ1n) is 28.6. The second kappa shape index (κ2) is 52.0. The van der Waals surface area contributed by atoms with Gasteiger partial charge in [0.25, 0.3) is 0 Å². The zero-order valence-electron chi connectivity index (χ0n) is 42.6. The van der Waals surface area contributed by atoms with E-state index in [9.17, 15) is 25.2 Å². The van der Waals surface area contributed by atoms with Gasteiger partial charge in [-0.05, 0) is 38.5 Å². The van der Waals surface area contributed by atoms with E-state index in [0.29, 0.717) is 12.8 Å². The highest BCUT2D eigenvalue weighted by molar-refractivity contribution is 5.80. The zero-order chi connectivity index (χ0) is 45.9. The Morgan fingerprint density at radius 3 is 0.921 bits per heavy atom. The van der Waals surface area contributed by atoms with Gasteiger partial charge in [0, 0.05) is 0 Å². The predicted octanol–water partition coefficient (Wildman–Crippen LogP) is 16.5. The third kappa shape index (κ3) is 46.0. The van der Waals surface area contributed by atoms with Crippen molar-refractivity contribution in [3.63, 3.8) is 0 Å². The molecule has 0 aromatic carbocycles. The highest BCUT2D eigenvalue weighted by Gasteiger charge is 2.28. The van der Waals surface area contributed by atoms with Crippen molar-refractivity contribution in [3.8, 4) is 0 Å². The first-order chi connectivity index (χ1) is 31.0. The molecule has 1 amide bonds. The highest BCUT2D eigenvalue weighted by atomic mass is 16.3. The minimum atomic E-state index is -1.26. The molecule has 0 rings (SSSR count). The van der Waals surface area contributed by atoms with Gasteiger partial charge >= 0.3 is 0 Å². The summed E-state index contributed by atoms with van der Waals surface area (Å²) in [7, 11) is 0. The summed E-state index contributed by atoms with van der Waals surface area (Å²) in [5.74, 6) is -0.578. The zero-order valence-corrected chi connectivity index (χ0v) is 42.6. The molecule has 0 fully saturated rings. The van der Waals surface area contributed by atoms with Crippen LogP contribution in [0.4, 0.5) is 0 Å². The second-order valence-corrected chi connectivity index (χ2v) is 20.0. The Balaban J connectivity index is 3.56. The average molecular weight is 893 g/mol. The largest absolute Gasteiger partial charge is 0.394 e. The normalized spacial score (nSPS) is 13.8. The molecule has 0 aromatic rings. The maximum absolute atomic E-state index is 12.6. The van der Waals surface area contributed by atoms with Crippen LogP contribution in [0.1, 0.15) is 316 Å². The van der Waals surface area contributed by atoms with Crippen molar-refractivity contribution in [3.05, 3.63) is 12.2 Å². The van der Waals surface area contributed by atoms with E-state index in [2.05, 4.69) is 31.3 Å². The fraction of sp³-hybridized carbons (Fsp3) is 0.947. The van der Waals surface area contributed by atoms with E-state index in [1.165, 1.54) is 250 Å². The standard InChI is InChI=1S/C57H113NO5/c1-3-5-7-9-11-13-15-17-19-21-22-23-24-25-26-27-28-29-30-31-32-33-34-35-37-39-41-43-45-47-49-51-55(61)57(63)58-53(52-59)56(62)54(60)50-48-46-44-42-40-38-36-20-18-16-14-12-10-8-6-4-2/h25-26,53-56,59-62H,3-24,27-52H2,1-2H3,(H,58,63)/b26-25-. The Bertz CT molecular complexity index is 913. The monoisotopic (exact) mass is 892 g/mol. The third-order valence-corrected chi connectivity index (χ3v) is 13.7. The van der Waals surface area contributed by atoms with Gasteiger partial charge in [-0.25, -0.2) is 0 Å². The van der Waals surface area contributed by atoms with Gasteiger partial charge in [-0.15, -0.1) is 0 Å². The summed E-state index contributed by atoms with van der Waals surface area (Å²) in [6, 6.07) is -0.982. The average Bonchev–Trinajstić information content (AvgIpc) is 3.29. The minimum Gasteiger partial charge on any atom is -0.394 e. The molecule has 0 heterocycles. The van der Waals surface area contributed by atoms with Crippen molar-refractivity contribution in [2.24, 2.45) is 0 Å². The van der Waals surface area contributed by atoms with Gasteiger partial charge in [0.1, 0.15) is 12.2 Å². The number of hydrogen-bond donors (Lipinski definition) is 5. The Morgan fingerprint density at radius 1 is 0.381 bits per heavy atom.